The molecule has 0 aromatic heterocycles. The first-order valence-electron chi connectivity index (χ1n) is 7.56. The van der Waals surface area contributed by atoms with Crippen LogP contribution in [0.15, 0.2) is 0 Å². The van der Waals surface area contributed by atoms with Gasteiger partial charge in [0.2, 0.25) is 11.8 Å². The van der Waals surface area contributed by atoms with E-state index in [4.69, 9.17) is 15.9 Å². The Hall–Kier alpha value is -1.01. The average molecular weight is 400 g/mol. The molecule has 0 heterocycles. The quantitative estimate of drug-likeness (QED) is 0.202. The number of nitrogens with two attached hydrogens (primary N) is 1. The molecule has 0 aromatic carbocycles. The Morgan fingerprint density at radius 2 is 1.72 bits per heavy atom. The van der Waals surface area contributed by atoms with Crippen LogP contribution in [0.2, 0.25) is 0 Å². The number of carbonyl (C=O) groups excluding carboxylic acids is 2. The van der Waals surface area contributed by atoms with E-state index in [-0.39, 0.29) is 31.2 Å². The maximum absolute atomic E-state index is 11.5. The number of thiol groups is 2. The highest BCUT2D eigenvalue weighted by molar-refractivity contribution is 7.80. The molecule has 0 aliphatic heterocycles. The van der Waals surface area contributed by atoms with Gasteiger partial charge < -0.3 is 31.7 Å². The average Bonchev–Trinajstić information content (AvgIpc) is 2.58. The third-order valence-electron chi connectivity index (χ3n) is 3.00. The summed E-state index contributed by atoms with van der Waals surface area (Å²) in [6.07, 6.45) is -1.16. The van der Waals surface area contributed by atoms with Crippen molar-refractivity contribution in [2.75, 3.05) is 31.2 Å². The minimum Gasteiger partial charge on any atom is -0.480 e. The molecule has 0 saturated heterocycles. The van der Waals surface area contributed by atoms with Crippen molar-refractivity contribution in [3.8, 4) is 0 Å². The molecule has 25 heavy (non-hydrogen) atoms. The molecule has 0 aliphatic rings. The zero-order chi connectivity index (χ0) is 20.0. The van der Waals surface area contributed by atoms with Gasteiger partial charge in [-0.1, -0.05) is 13.8 Å². The van der Waals surface area contributed by atoms with Crippen LogP contribution in [0.1, 0.15) is 20.3 Å². The minimum absolute atomic E-state index is 0.145. The number of hydrogen-bond donors (Lipinski definition) is 8. The number of amides is 2. The van der Waals surface area contributed by atoms with Crippen molar-refractivity contribution in [3.05, 3.63) is 0 Å². The van der Waals surface area contributed by atoms with Crippen LogP contribution in [0.25, 0.3) is 0 Å². The molecule has 0 spiro atoms. The maximum atomic E-state index is 11.5. The molecule has 0 aromatic rings. The van der Waals surface area contributed by atoms with E-state index in [0.29, 0.717) is 12.3 Å². The zero-order valence-electron chi connectivity index (χ0n) is 14.4. The molecule has 2 unspecified atom stereocenters. The number of nitrogens with one attached hydrogen (secondary N) is 2. The smallest absolute Gasteiger partial charge is 0.321 e. The lowest BCUT2D eigenvalue weighted by atomic mass is 9.87. The Morgan fingerprint density at radius 1 is 1.16 bits per heavy atom. The van der Waals surface area contributed by atoms with E-state index >= 15 is 0 Å². The first kappa shape index (κ1) is 26.2. The summed E-state index contributed by atoms with van der Waals surface area (Å²) in [5.41, 5.74) is 4.04. The monoisotopic (exact) mass is 399 g/mol. The zero-order valence-corrected chi connectivity index (χ0v) is 16.2. The Bertz CT molecular complexity index is 423. The molecule has 0 bridgehead atoms. The summed E-state index contributed by atoms with van der Waals surface area (Å²) >= 11 is 7.60. The third kappa shape index (κ3) is 12.9. The topological polar surface area (TPSA) is 162 Å². The van der Waals surface area contributed by atoms with Gasteiger partial charge in [0, 0.05) is 36.4 Å². The van der Waals surface area contributed by atoms with E-state index in [2.05, 4.69) is 35.9 Å². The van der Waals surface area contributed by atoms with Gasteiger partial charge in [-0.2, -0.15) is 25.3 Å². The molecule has 0 rings (SSSR count). The van der Waals surface area contributed by atoms with Crippen LogP contribution in [-0.4, -0.2) is 76.5 Å². The summed E-state index contributed by atoms with van der Waals surface area (Å²) in [7, 11) is 0. The molecular weight excluding hydrogens is 370 g/mol. The second-order valence-electron chi connectivity index (χ2n) is 5.79. The van der Waals surface area contributed by atoms with E-state index in [9.17, 15) is 19.5 Å². The molecule has 9 nitrogen and oxygen atoms in total. The lowest BCUT2D eigenvalue weighted by Gasteiger charge is -2.27. The van der Waals surface area contributed by atoms with Crippen molar-refractivity contribution in [3.63, 3.8) is 0 Å². The lowest BCUT2D eigenvalue weighted by molar-refractivity contribution is -0.138. The van der Waals surface area contributed by atoms with Crippen molar-refractivity contribution >= 4 is 43.0 Å². The van der Waals surface area contributed by atoms with E-state index < -0.39 is 29.4 Å². The number of carboxylic acid groups (broad SMARTS) is 1. The fourth-order valence-electron chi connectivity index (χ4n) is 1.20. The van der Waals surface area contributed by atoms with Crippen LogP contribution in [0.5, 0.6) is 0 Å². The highest BCUT2D eigenvalue weighted by atomic mass is 32.1. The Labute approximate surface area is 158 Å². The van der Waals surface area contributed by atoms with Crippen LogP contribution in [-0.2, 0) is 14.4 Å². The fourth-order valence-corrected chi connectivity index (χ4v) is 1.47. The van der Waals surface area contributed by atoms with Crippen LogP contribution in [0.3, 0.4) is 0 Å². The van der Waals surface area contributed by atoms with Gasteiger partial charge in [-0.15, -0.1) is 0 Å². The predicted molar refractivity (Wildman–Crippen MR) is 101 cm³/mol. The van der Waals surface area contributed by atoms with Gasteiger partial charge in [-0.05, 0) is 0 Å². The van der Waals surface area contributed by atoms with Gasteiger partial charge >= 0.3 is 5.97 Å². The third-order valence-corrected chi connectivity index (χ3v) is 3.61. The van der Waals surface area contributed by atoms with Crippen LogP contribution >= 0.6 is 25.3 Å². The number of aliphatic carboxylic acids is 1. The standard InChI is InChI=1S/C11H22N2O4S.C3H7NO2S/c1-11(2,7-14)9(16)10(17)13-4-3-8(15)12-5-6-18;4-2(1-7)3(5)6/h9,14,16,18H,3-7H2,1-2H3,(H,12,15)(H,13,17);2,7H,1,4H2,(H,5,6). The van der Waals surface area contributed by atoms with E-state index in [0.717, 1.165) is 0 Å². The minimum atomic E-state index is -1.30. The van der Waals surface area contributed by atoms with E-state index in [1.165, 1.54) is 0 Å². The van der Waals surface area contributed by atoms with Gasteiger partial charge in [0.15, 0.2) is 0 Å². The second-order valence-corrected chi connectivity index (χ2v) is 6.60. The second kappa shape index (κ2) is 14.2. The van der Waals surface area contributed by atoms with Crippen molar-refractivity contribution in [1.82, 2.24) is 10.6 Å². The number of carbonyl (C=O) groups is 3. The molecule has 11 heteroatoms. The van der Waals surface area contributed by atoms with Crippen molar-refractivity contribution in [2.24, 2.45) is 11.1 Å². The molecule has 0 radical (unpaired) electrons. The molecule has 2 amide bonds. The summed E-state index contributed by atoms with van der Waals surface area (Å²) in [6.45, 7) is 3.49. The van der Waals surface area contributed by atoms with Gasteiger partial charge in [-0.25, -0.2) is 0 Å². The van der Waals surface area contributed by atoms with Crippen molar-refractivity contribution in [1.29, 1.82) is 0 Å². The summed E-state index contributed by atoms with van der Waals surface area (Å²) in [5, 5.41) is 31.7. The fraction of sp³-hybridized carbons (Fsp3) is 0.786. The predicted octanol–water partition coefficient (Wildman–Crippen LogP) is -1.75. The van der Waals surface area contributed by atoms with Crippen molar-refractivity contribution in [2.45, 2.75) is 32.4 Å². The SMILES string of the molecule is CC(C)(CO)C(O)C(=O)NCCC(=O)NCCS.NC(CS)C(=O)O. The van der Waals surface area contributed by atoms with Gasteiger partial charge in [0.25, 0.3) is 0 Å². The molecule has 148 valence electrons. The molecule has 0 fully saturated rings. The number of aliphatic hydroxyl groups is 2. The molecule has 0 saturated carbocycles. The number of aliphatic hydroxyl groups excluding tert-OH is 2. The lowest BCUT2D eigenvalue weighted by Crippen LogP contribution is -2.46. The first-order valence-corrected chi connectivity index (χ1v) is 8.83. The number of hydrogen-bond acceptors (Lipinski definition) is 8. The largest absolute Gasteiger partial charge is 0.480 e. The maximum Gasteiger partial charge on any atom is 0.321 e. The normalized spacial score (nSPS) is 13.1. The summed E-state index contributed by atoms with van der Waals surface area (Å²) < 4.78 is 0. The van der Waals surface area contributed by atoms with E-state index in [1.807, 2.05) is 0 Å². The van der Waals surface area contributed by atoms with Gasteiger partial charge in [0.05, 0.1) is 6.61 Å². The highest BCUT2D eigenvalue weighted by Crippen LogP contribution is 2.19. The Kier molecular flexibility index (Phi) is 14.9. The van der Waals surface area contributed by atoms with Crippen molar-refractivity contribution < 1.29 is 29.7 Å². The number of rotatable bonds is 10. The van der Waals surface area contributed by atoms with Crippen LogP contribution in [0, 0.1) is 5.41 Å². The van der Waals surface area contributed by atoms with Gasteiger partial charge in [-0.3, -0.25) is 14.4 Å². The highest BCUT2D eigenvalue weighted by Gasteiger charge is 2.32. The van der Waals surface area contributed by atoms with Gasteiger partial charge in [0.1, 0.15) is 12.1 Å². The summed E-state index contributed by atoms with van der Waals surface area (Å²) in [4.78, 5) is 32.5. The summed E-state index contributed by atoms with van der Waals surface area (Å²) in [6, 6.07) is -0.816. The molecular formula is C14H29N3O6S2. The van der Waals surface area contributed by atoms with Crippen LogP contribution < -0.4 is 16.4 Å². The summed E-state index contributed by atoms with van der Waals surface area (Å²) in [5.74, 6) is -1.03. The Balaban J connectivity index is 0. The number of carboxylic acids is 1. The van der Waals surface area contributed by atoms with Crippen LogP contribution in [0.4, 0.5) is 0 Å². The molecule has 0 aliphatic carbocycles. The first-order chi connectivity index (χ1) is 11.5. The molecule has 2 atom stereocenters. The van der Waals surface area contributed by atoms with E-state index in [1.54, 1.807) is 13.8 Å². The molecule has 7 N–H and O–H groups in total. The Morgan fingerprint density at radius 3 is 2.08 bits per heavy atom.